The summed E-state index contributed by atoms with van der Waals surface area (Å²) in [7, 11) is 0. The Kier molecular flexibility index (Phi) is 4.91. The van der Waals surface area contributed by atoms with Gasteiger partial charge in [-0.05, 0) is 44.2 Å². The van der Waals surface area contributed by atoms with Gasteiger partial charge in [0, 0.05) is 35.0 Å². The normalized spacial score (nSPS) is 16.8. The molecule has 0 radical (unpaired) electrons. The Labute approximate surface area is 148 Å². The molecule has 2 aromatic rings. The summed E-state index contributed by atoms with van der Waals surface area (Å²) in [5.74, 6) is 0.186. The van der Waals surface area contributed by atoms with Crippen LogP contribution < -0.4 is 0 Å². The maximum atomic E-state index is 12.8. The third kappa shape index (κ3) is 3.07. The highest BCUT2D eigenvalue weighted by Crippen LogP contribution is 2.33. The van der Waals surface area contributed by atoms with Gasteiger partial charge < -0.3 is 9.67 Å². The van der Waals surface area contributed by atoms with Gasteiger partial charge in [-0.1, -0.05) is 31.2 Å². The third-order valence-electron chi connectivity index (χ3n) is 5.54. The lowest BCUT2D eigenvalue weighted by atomic mass is 9.83. The molecular weight excluding hydrogens is 314 g/mol. The Hall–Kier alpha value is -2.20. The van der Waals surface area contributed by atoms with Crippen molar-refractivity contribution in [3.8, 4) is 0 Å². The Morgan fingerprint density at radius 1 is 1.24 bits per heavy atom. The van der Waals surface area contributed by atoms with Crippen LogP contribution in [0.1, 0.15) is 63.0 Å². The zero-order valence-corrected chi connectivity index (χ0v) is 15.1. The molecule has 0 saturated carbocycles. The molecule has 0 amide bonds. The summed E-state index contributed by atoms with van der Waals surface area (Å²) in [5.41, 5.74) is 5.94. The molecule has 1 aromatic carbocycles. The van der Waals surface area contributed by atoms with Crippen molar-refractivity contribution < 1.29 is 14.7 Å². The van der Waals surface area contributed by atoms with Gasteiger partial charge in [0.05, 0.1) is 0 Å². The minimum absolute atomic E-state index is 0.158. The van der Waals surface area contributed by atoms with E-state index in [-0.39, 0.29) is 11.7 Å². The van der Waals surface area contributed by atoms with Gasteiger partial charge in [-0.2, -0.15) is 0 Å². The minimum Gasteiger partial charge on any atom is -0.388 e. The second-order valence-electron chi connectivity index (χ2n) is 6.90. The number of carbonyl (C=O) groups is 2. The molecule has 0 saturated heterocycles. The molecule has 1 aliphatic carbocycles. The van der Waals surface area contributed by atoms with Gasteiger partial charge in [0.25, 0.3) is 0 Å². The molecule has 3 rings (SSSR count). The SMILES string of the molecule is CCC1CCc2c(c(C)c(C)n2Cc2ccc(C(=O)CO)cc2)C1=O. The summed E-state index contributed by atoms with van der Waals surface area (Å²) in [6, 6.07) is 7.35. The number of benzene rings is 1. The summed E-state index contributed by atoms with van der Waals surface area (Å²) < 4.78 is 2.25. The largest absolute Gasteiger partial charge is 0.388 e. The molecule has 1 heterocycles. The number of aromatic nitrogens is 1. The molecule has 1 aromatic heterocycles. The lowest BCUT2D eigenvalue weighted by molar-refractivity contribution is 0.0892. The van der Waals surface area contributed by atoms with E-state index in [2.05, 4.69) is 18.4 Å². The van der Waals surface area contributed by atoms with Crippen molar-refractivity contribution in [3.63, 3.8) is 0 Å². The highest BCUT2D eigenvalue weighted by atomic mass is 16.3. The summed E-state index contributed by atoms with van der Waals surface area (Å²) in [5, 5.41) is 8.95. The first-order valence-corrected chi connectivity index (χ1v) is 8.93. The second kappa shape index (κ2) is 6.96. The summed E-state index contributed by atoms with van der Waals surface area (Å²) in [6.45, 7) is 6.43. The fourth-order valence-corrected chi connectivity index (χ4v) is 3.84. The Balaban J connectivity index is 1.93. The highest BCUT2D eigenvalue weighted by molar-refractivity contribution is 6.01. The first-order chi connectivity index (χ1) is 12.0. The van der Waals surface area contributed by atoms with E-state index in [0.717, 1.165) is 47.3 Å². The van der Waals surface area contributed by atoms with Crippen molar-refractivity contribution in [2.75, 3.05) is 6.61 Å². The molecule has 0 spiro atoms. The van der Waals surface area contributed by atoms with Crippen molar-refractivity contribution in [1.29, 1.82) is 0 Å². The van der Waals surface area contributed by atoms with Crippen molar-refractivity contribution in [2.45, 2.75) is 46.6 Å². The van der Waals surface area contributed by atoms with Crippen molar-refractivity contribution in [3.05, 3.63) is 57.9 Å². The number of hydrogen-bond donors (Lipinski definition) is 1. The summed E-state index contributed by atoms with van der Waals surface area (Å²) in [4.78, 5) is 24.3. The molecule has 1 atom stereocenters. The number of carbonyl (C=O) groups excluding carboxylic acids is 2. The number of fused-ring (bicyclic) bond motifs is 1. The van der Waals surface area contributed by atoms with Gasteiger partial charge in [-0.15, -0.1) is 0 Å². The fraction of sp³-hybridized carbons (Fsp3) is 0.429. The van der Waals surface area contributed by atoms with Crippen LogP contribution in [0, 0.1) is 19.8 Å². The van der Waals surface area contributed by atoms with E-state index < -0.39 is 6.61 Å². The zero-order chi connectivity index (χ0) is 18.1. The predicted molar refractivity (Wildman–Crippen MR) is 97.3 cm³/mol. The lowest BCUT2D eigenvalue weighted by Gasteiger charge is -2.22. The van der Waals surface area contributed by atoms with Gasteiger partial charge in [-0.25, -0.2) is 0 Å². The van der Waals surface area contributed by atoms with Crippen LogP contribution in [-0.4, -0.2) is 27.8 Å². The molecule has 25 heavy (non-hydrogen) atoms. The zero-order valence-electron chi connectivity index (χ0n) is 15.1. The van der Waals surface area contributed by atoms with E-state index >= 15 is 0 Å². The van der Waals surface area contributed by atoms with Crippen LogP contribution in [0.25, 0.3) is 0 Å². The highest BCUT2D eigenvalue weighted by Gasteiger charge is 2.31. The molecule has 0 aliphatic heterocycles. The van der Waals surface area contributed by atoms with Crippen LogP contribution in [0.5, 0.6) is 0 Å². The third-order valence-corrected chi connectivity index (χ3v) is 5.54. The monoisotopic (exact) mass is 339 g/mol. The van der Waals surface area contributed by atoms with Crippen LogP contribution in [0.2, 0.25) is 0 Å². The smallest absolute Gasteiger partial charge is 0.188 e. The standard InChI is InChI=1S/C21H25NO3/c1-4-16-9-10-18-20(21(16)25)13(2)14(3)22(18)11-15-5-7-17(8-6-15)19(24)12-23/h5-8,16,23H,4,9-12H2,1-3H3. The topological polar surface area (TPSA) is 59.3 Å². The molecule has 132 valence electrons. The van der Waals surface area contributed by atoms with E-state index in [1.54, 1.807) is 12.1 Å². The van der Waals surface area contributed by atoms with E-state index in [9.17, 15) is 9.59 Å². The number of ketones is 2. The number of rotatable bonds is 5. The number of aliphatic hydroxyl groups excluding tert-OH is 1. The average Bonchev–Trinajstić information content (AvgIpc) is 2.87. The lowest BCUT2D eigenvalue weighted by Crippen LogP contribution is -2.23. The Morgan fingerprint density at radius 3 is 2.52 bits per heavy atom. The van der Waals surface area contributed by atoms with Crippen LogP contribution in [-0.2, 0) is 13.0 Å². The molecule has 0 fully saturated rings. The van der Waals surface area contributed by atoms with E-state index in [4.69, 9.17) is 5.11 Å². The Bertz CT molecular complexity index is 815. The van der Waals surface area contributed by atoms with E-state index in [1.165, 1.54) is 0 Å². The van der Waals surface area contributed by atoms with Gasteiger partial charge in [0.1, 0.15) is 6.61 Å². The Morgan fingerprint density at radius 2 is 1.92 bits per heavy atom. The van der Waals surface area contributed by atoms with Crippen LogP contribution in [0.3, 0.4) is 0 Å². The van der Waals surface area contributed by atoms with Crippen molar-refractivity contribution in [1.82, 2.24) is 4.57 Å². The molecule has 1 unspecified atom stereocenters. The number of hydrogen-bond acceptors (Lipinski definition) is 3. The van der Waals surface area contributed by atoms with Gasteiger partial charge in [0.2, 0.25) is 0 Å². The second-order valence-corrected chi connectivity index (χ2v) is 6.90. The first-order valence-electron chi connectivity index (χ1n) is 8.93. The number of aliphatic hydroxyl groups is 1. The first kappa shape index (κ1) is 17.6. The van der Waals surface area contributed by atoms with Crippen LogP contribution in [0.4, 0.5) is 0 Å². The van der Waals surface area contributed by atoms with Crippen LogP contribution >= 0.6 is 0 Å². The molecule has 4 heteroatoms. The molecular formula is C21H25NO3. The predicted octanol–water partition coefficient (Wildman–Crippen LogP) is 3.48. The minimum atomic E-state index is -0.469. The quantitative estimate of drug-likeness (QED) is 0.849. The van der Waals surface area contributed by atoms with Gasteiger partial charge >= 0.3 is 0 Å². The van der Waals surface area contributed by atoms with Crippen LogP contribution in [0.15, 0.2) is 24.3 Å². The van der Waals surface area contributed by atoms with Crippen molar-refractivity contribution >= 4 is 11.6 Å². The molecule has 1 N–H and O–H groups in total. The maximum absolute atomic E-state index is 12.8. The average molecular weight is 339 g/mol. The van der Waals surface area contributed by atoms with Crippen molar-refractivity contribution in [2.24, 2.45) is 5.92 Å². The van der Waals surface area contributed by atoms with E-state index in [0.29, 0.717) is 17.9 Å². The number of nitrogens with zero attached hydrogens (tertiary/aromatic N) is 1. The summed E-state index contributed by atoms with van der Waals surface area (Å²) >= 11 is 0. The molecule has 0 bridgehead atoms. The fourth-order valence-electron chi connectivity index (χ4n) is 3.84. The summed E-state index contributed by atoms with van der Waals surface area (Å²) in [6.07, 6.45) is 2.77. The number of Topliss-reactive ketones (excluding diaryl/α,β-unsaturated/α-hetero) is 2. The molecule has 4 nitrogen and oxygen atoms in total. The van der Waals surface area contributed by atoms with Gasteiger partial charge in [0.15, 0.2) is 11.6 Å². The maximum Gasteiger partial charge on any atom is 0.188 e. The van der Waals surface area contributed by atoms with E-state index in [1.807, 2.05) is 19.1 Å². The molecule has 1 aliphatic rings. The van der Waals surface area contributed by atoms with Gasteiger partial charge in [-0.3, -0.25) is 9.59 Å².